The standard InChI is InChI=1S/C18H23NO4/c1-6-15-11-18(23-19-15,16(21)22-17(3,4)5)14-9-7-13(8-10-14)12(2)20/h7-10H,6,11H2,1-5H3. The molecule has 1 aromatic rings. The van der Waals surface area contributed by atoms with Gasteiger partial charge in [0.15, 0.2) is 5.78 Å². The van der Waals surface area contributed by atoms with Gasteiger partial charge in [-0.3, -0.25) is 4.79 Å². The van der Waals surface area contributed by atoms with E-state index in [1.165, 1.54) is 6.92 Å². The van der Waals surface area contributed by atoms with E-state index in [2.05, 4.69) is 5.16 Å². The summed E-state index contributed by atoms with van der Waals surface area (Å²) in [6.07, 6.45) is 1.06. The number of benzene rings is 1. The summed E-state index contributed by atoms with van der Waals surface area (Å²) < 4.78 is 5.55. The van der Waals surface area contributed by atoms with E-state index < -0.39 is 17.2 Å². The fraction of sp³-hybridized carbons (Fsp3) is 0.500. The van der Waals surface area contributed by atoms with E-state index in [0.717, 1.165) is 5.71 Å². The van der Waals surface area contributed by atoms with Gasteiger partial charge in [-0.15, -0.1) is 0 Å². The highest BCUT2D eigenvalue weighted by atomic mass is 16.7. The second-order valence-corrected chi connectivity index (χ2v) is 6.74. The molecule has 0 N–H and O–H groups in total. The minimum absolute atomic E-state index is 0.0271. The van der Waals surface area contributed by atoms with Gasteiger partial charge >= 0.3 is 5.97 Å². The molecule has 0 fully saturated rings. The van der Waals surface area contributed by atoms with Crippen LogP contribution in [0.5, 0.6) is 0 Å². The van der Waals surface area contributed by atoms with Crippen LogP contribution in [0.4, 0.5) is 0 Å². The molecular weight excluding hydrogens is 294 g/mol. The molecule has 0 saturated carbocycles. The third-order valence-corrected chi connectivity index (χ3v) is 3.68. The van der Waals surface area contributed by atoms with Crippen LogP contribution in [0.25, 0.3) is 0 Å². The SMILES string of the molecule is CCC1=NOC(C(=O)OC(C)(C)C)(c2ccc(C(C)=O)cc2)C1. The third kappa shape index (κ3) is 3.60. The lowest BCUT2D eigenvalue weighted by atomic mass is 9.87. The fourth-order valence-electron chi connectivity index (χ4n) is 2.40. The zero-order valence-corrected chi connectivity index (χ0v) is 14.3. The normalized spacial score (nSPS) is 20.7. The molecule has 5 nitrogen and oxygen atoms in total. The van der Waals surface area contributed by atoms with E-state index in [4.69, 9.17) is 9.57 Å². The minimum atomic E-state index is -1.27. The van der Waals surface area contributed by atoms with E-state index in [1.54, 1.807) is 24.3 Å². The number of carbonyl (C=O) groups is 2. The Balaban J connectivity index is 2.39. The van der Waals surface area contributed by atoms with Gasteiger partial charge in [-0.2, -0.15) is 0 Å². The van der Waals surface area contributed by atoms with E-state index in [9.17, 15) is 9.59 Å². The zero-order valence-electron chi connectivity index (χ0n) is 14.3. The molecule has 0 spiro atoms. The Morgan fingerprint density at radius 1 is 1.26 bits per heavy atom. The Morgan fingerprint density at radius 2 is 1.87 bits per heavy atom. The number of nitrogens with zero attached hydrogens (tertiary/aromatic N) is 1. The maximum Gasteiger partial charge on any atom is 0.359 e. The van der Waals surface area contributed by atoms with Crippen molar-refractivity contribution in [1.29, 1.82) is 0 Å². The van der Waals surface area contributed by atoms with Gasteiger partial charge in [0, 0.05) is 17.5 Å². The summed E-state index contributed by atoms with van der Waals surface area (Å²) in [6.45, 7) is 8.91. The van der Waals surface area contributed by atoms with Crippen LogP contribution in [0, 0.1) is 0 Å². The van der Waals surface area contributed by atoms with Crippen molar-refractivity contribution in [1.82, 2.24) is 0 Å². The molecule has 0 radical (unpaired) electrons. The van der Waals surface area contributed by atoms with Gasteiger partial charge in [-0.25, -0.2) is 4.79 Å². The van der Waals surface area contributed by atoms with Crippen molar-refractivity contribution in [3.8, 4) is 0 Å². The predicted octanol–water partition coefficient (Wildman–Crippen LogP) is 3.61. The average molecular weight is 317 g/mol. The number of carbonyl (C=O) groups excluding carboxylic acids is 2. The van der Waals surface area contributed by atoms with E-state index in [1.807, 2.05) is 27.7 Å². The summed E-state index contributed by atoms with van der Waals surface area (Å²) in [4.78, 5) is 29.8. The lowest BCUT2D eigenvalue weighted by Gasteiger charge is -2.29. The molecule has 1 aliphatic heterocycles. The molecule has 2 rings (SSSR count). The fourth-order valence-corrected chi connectivity index (χ4v) is 2.40. The Kier molecular flexibility index (Phi) is 4.59. The van der Waals surface area contributed by atoms with Gasteiger partial charge in [-0.05, 0) is 34.1 Å². The monoisotopic (exact) mass is 317 g/mol. The van der Waals surface area contributed by atoms with E-state index in [-0.39, 0.29) is 5.78 Å². The van der Waals surface area contributed by atoms with Gasteiger partial charge in [0.2, 0.25) is 0 Å². The van der Waals surface area contributed by atoms with Gasteiger partial charge < -0.3 is 9.57 Å². The topological polar surface area (TPSA) is 65.0 Å². The second kappa shape index (κ2) is 6.14. The van der Waals surface area contributed by atoms with E-state index >= 15 is 0 Å². The Morgan fingerprint density at radius 3 is 2.30 bits per heavy atom. The van der Waals surface area contributed by atoms with Crippen LogP contribution in [-0.2, 0) is 20.0 Å². The lowest BCUT2D eigenvalue weighted by Crippen LogP contribution is -2.41. The molecule has 0 aliphatic carbocycles. The van der Waals surface area contributed by atoms with Gasteiger partial charge in [0.25, 0.3) is 5.60 Å². The predicted molar refractivity (Wildman–Crippen MR) is 87.4 cm³/mol. The minimum Gasteiger partial charge on any atom is -0.457 e. The second-order valence-electron chi connectivity index (χ2n) is 6.74. The van der Waals surface area contributed by atoms with Crippen LogP contribution in [0.1, 0.15) is 63.4 Å². The molecule has 1 aliphatic rings. The molecular formula is C18H23NO4. The highest BCUT2D eigenvalue weighted by Gasteiger charge is 2.50. The summed E-state index contributed by atoms with van der Waals surface area (Å²) in [7, 11) is 0. The van der Waals surface area contributed by atoms with Crippen LogP contribution < -0.4 is 0 Å². The molecule has 1 aromatic carbocycles. The van der Waals surface area contributed by atoms with Crippen molar-refractivity contribution in [2.45, 2.75) is 58.7 Å². The first-order valence-corrected chi connectivity index (χ1v) is 7.77. The van der Waals surface area contributed by atoms with Crippen LogP contribution in [0.3, 0.4) is 0 Å². The van der Waals surface area contributed by atoms with Gasteiger partial charge in [-0.1, -0.05) is 36.3 Å². The third-order valence-electron chi connectivity index (χ3n) is 3.68. The number of oxime groups is 1. The molecule has 5 heteroatoms. The summed E-state index contributed by atoms with van der Waals surface area (Å²) in [5, 5.41) is 4.04. The molecule has 23 heavy (non-hydrogen) atoms. The van der Waals surface area contributed by atoms with Crippen molar-refractivity contribution in [2.75, 3.05) is 0 Å². The van der Waals surface area contributed by atoms with E-state index in [0.29, 0.717) is 24.0 Å². The van der Waals surface area contributed by atoms with Crippen molar-refractivity contribution in [3.05, 3.63) is 35.4 Å². The first-order chi connectivity index (χ1) is 10.7. The Hall–Kier alpha value is -2.17. The highest BCUT2D eigenvalue weighted by Crippen LogP contribution is 2.38. The average Bonchev–Trinajstić information content (AvgIpc) is 2.91. The summed E-state index contributed by atoms with van der Waals surface area (Å²) >= 11 is 0. The number of esters is 1. The van der Waals surface area contributed by atoms with Crippen molar-refractivity contribution in [3.63, 3.8) is 0 Å². The number of hydrogen-bond acceptors (Lipinski definition) is 5. The smallest absolute Gasteiger partial charge is 0.359 e. The van der Waals surface area contributed by atoms with Crippen molar-refractivity contribution >= 4 is 17.5 Å². The highest BCUT2D eigenvalue weighted by molar-refractivity contribution is 5.96. The molecule has 1 unspecified atom stereocenters. The molecule has 0 bridgehead atoms. The summed E-state index contributed by atoms with van der Waals surface area (Å²) in [5.41, 5.74) is 0.147. The molecule has 0 amide bonds. The Bertz CT molecular complexity index is 640. The first kappa shape index (κ1) is 17.2. The number of Topliss-reactive ketones (excluding diaryl/α,β-unsaturated/α-hetero) is 1. The number of ketones is 1. The maximum atomic E-state index is 12.8. The van der Waals surface area contributed by atoms with Crippen LogP contribution in [-0.4, -0.2) is 23.1 Å². The molecule has 1 atom stereocenters. The maximum absolute atomic E-state index is 12.8. The number of rotatable bonds is 4. The lowest BCUT2D eigenvalue weighted by molar-refractivity contribution is -0.182. The molecule has 0 saturated heterocycles. The molecule has 124 valence electrons. The van der Waals surface area contributed by atoms with Gasteiger partial charge in [0.1, 0.15) is 5.60 Å². The van der Waals surface area contributed by atoms with Crippen molar-refractivity contribution in [2.24, 2.45) is 5.16 Å². The van der Waals surface area contributed by atoms with Crippen LogP contribution >= 0.6 is 0 Å². The quantitative estimate of drug-likeness (QED) is 0.628. The first-order valence-electron chi connectivity index (χ1n) is 7.77. The molecule has 0 aromatic heterocycles. The van der Waals surface area contributed by atoms with Gasteiger partial charge in [0.05, 0.1) is 5.71 Å². The summed E-state index contributed by atoms with van der Waals surface area (Å²) in [5.74, 6) is -0.492. The number of hydrogen-bond donors (Lipinski definition) is 0. The molecule has 1 heterocycles. The van der Waals surface area contributed by atoms with Crippen LogP contribution in [0.2, 0.25) is 0 Å². The zero-order chi connectivity index (χ0) is 17.3. The Labute approximate surface area is 136 Å². The van der Waals surface area contributed by atoms with Crippen molar-refractivity contribution < 1.29 is 19.2 Å². The largest absolute Gasteiger partial charge is 0.457 e. The number of ether oxygens (including phenoxy) is 1. The summed E-state index contributed by atoms with van der Waals surface area (Å²) in [6, 6.07) is 6.84. The van der Waals surface area contributed by atoms with Crippen LogP contribution in [0.15, 0.2) is 29.4 Å².